The van der Waals surface area contributed by atoms with Crippen molar-refractivity contribution in [3.8, 4) is 11.5 Å². The van der Waals surface area contributed by atoms with E-state index in [4.69, 9.17) is 24.7 Å². The third-order valence-corrected chi connectivity index (χ3v) is 6.90. The van der Waals surface area contributed by atoms with Crippen molar-refractivity contribution >= 4 is 23.9 Å². The van der Waals surface area contributed by atoms with Gasteiger partial charge in [-0.2, -0.15) is 0 Å². The van der Waals surface area contributed by atoms with E-state index in [0.29, 0.717) is 12.0 Å². The van der Waals surface area contributed by atoms with Crippen molar-refractivity contribution in [1.82, 2.24) is 0 Å². The smallest absolute Gasteiger partial charge is 0.323 e. The van der Waals surface area contributed by atoms with Gasteiger partial charge in [0.15, 0.2) is 11.5 Å². The van der Waals surface area contributed by atoms with Crippen molar-refractivity contribution in [2.45, 2.75) is 123 Å². The Morgan fingerprint density at radius 3 is 2.08 bits per heavy atom. The Labute approximate surface area is 238 Å². The number of esters is 4. The van der Waals surface area contributed by atoms with E-state index in [0.717, 1.165) is 64.2 Å². The third-order valence-electron chi connectivity index (χ3n) is 6.90. The SMILES string of the molecule is CCCCCC(=O)Oc1ccc(C[C@H](N)C(=O)OC[C@H](C)OC(=O)C2CCCCC2)cc1OC(=O)CCCCC. The summed E-state index contributed by atoms with van der Waals surface area (Å²) in [5, 5.41) is 0. The number of unbranched alkanes of at least 4 members (excludes halogenated alkanes) is 4. The molecule has 2 rings (SSSR count). The first kappa shape index (κ1) is 33.3. The standard InChI is InChI=1S/C31H47NO8/c1-4-6-9-15-28(33)39-26-18-17-23(20-27(26)40-29(34)16-10-7-5-2)19-25(32)31(36)37-21-22(3)38-30(35)24-13-11-8-12-14-24/h17-18,20,22,24-25H,4-16,19,21,32H2,1-3H3/t22-,25-/m0/s1. The quantitative estimate of drug-likeness (QED) is 0.147. The molecule has 0 spiro atoms. The maximum absolute atomic E-state index is 12.5. The van der Waals surface area contributed by atoms with E-state index in [9.17, 15) is 19.2 Å². The molecule has 0 heterocycles. The number of hydrogen-bond acceptors (Lipinski definition) is 9. The minimum absolute atomic E-state index is 0.0808. The average Bonchev–Trinajstić information content (AvgIpc) is 2.93. The van der Waals surface area contributed by atoms with Crippen LogP contribution in [-0.2, 0) is 35.1 Å². The van der Waals surface area contributed by atoms with Crippen molar-refractivity contribution in [2.24, 2.45) is 11.7 Å². The first-order valence-corrected chi connectivity index (χ1v) is 14.9. The molecule has 0 aromatic heterocycles. The van der Waals surface area contributed by atoms with Gasteiger partial charge in [0.25, 0.3) is 0 Å². The van der Waals surface area contributed by atoms with Crippen LogP contribution in [0.15, 0.2) is 18.2 Å². The molecule has 1 aromatic rings. The number of hydrogen-bond donors (Lipinski definition) is 1. The molecule has 0 unspecified atom stereocenters. The number of ether oxygens (including phenoxy) is 4. The molecule has 0 saturated heterocycles. The molecule has 40 heavy (non-hydrogen) atoms. The fourth-order valence-corrected chi connectivity index (χ4v) is 4.54. The number of carbonyl (C=O) groups excluding carboxylic acids is 4. The van der Waals surface area contributed by atoms with E-state index in [1.54, 1.807) is 25.1 Å². The zero-order valence-electron chi connectivity index (χ0n) is 24.4. The second-order valence-corrected chi connectivity index (χ2v) is 10.7. The largest absolute Gasteiger partial charge is 0.461 e. The lowest BCUT2D eigenvalue weighted by Gasteiger charge is -2.22. The molecule has 2 N–H and O–H groups in total. The predicted molar refractivity (Wildman–Crippen MR) is 151 cm³/mol. The molecular formula is C31H47NO8. The zero-order valence-corrected chi connectivity index (χ0v) is 24.4. The van der Waals surface area contributed by atoms with Crippen LogP contribution in [0.3, 0.4) is 0 Å². The molecule has 1 aliphatic carbocycles. The molecule has 0 aliphatic heterocycles. The van der Waals surface area contributed by atoms with Crippen molar-refractivity contribution in [3.63, 3.8) is 0 Å². The summed E-state index contributed by atoms with van der Waals surface area (Å²) < 4.78 is 21.8. The number of benzene rings is 1. The predicted octanol–water partition coefficient (Wildman–Crippen LogP) is 5.58. The summed E-state index contributed by atoms with van der Waals surface area (Å²) >= 11 is 0. The lowest BCUT2D eigenvalue weighted by molar-refractivity contribution is -0.162. The van der Waals surface area contributed by atoms with Gasteiger partial charge < -0.3 is 24.7 Å². The average molecular weight is 562 g/mol. The zero-order chi connectivity index (χ0) is 29.3. The molecule has 0 radical (unpaired) electrons. The van der Waals surface area contributed by atoms with E-state index >= 15 is 0 Å². The summed E-state index contributed by atoms with van der Waals surface area (Å²) in [4.78, 5) is 49.6. The summed E-state index contributed by atoms with van der Waals surface area (Å²) in [7, 11) is 0. The van der Waals surface area contributed by atoms with E-state index in [1.165, 1.54) is 0 Å². The van der Waals surface area contributed by atoms with Crippen LogP contribution in [0.25, 0.3) is 0 Å². The minimum atomic E-state index is -0.989. The highest BCUT2D eigenvalue weighted by molar-refractivity contribution is 5.77. The maximum atomic E-state index is 12.5. The molecule has 9 nitrogen and oxygen atoms in total. The van der Waals surface area contributed by atoms with E-state index < -0.39 is 30.1 Å². The Kier molecular flexibility index (Phi) is 15.3. The highest BCUT2D eigenvalue weighted by atomic mass is 16.6. The monoisotopic (exact) mass is 561 g/mol. The molecule has 1 aromatic carbocycles. The first-order valence-electron chi connectivity index (χ1n) is 14.9. The maximum Gasteiger partial charge on any atom is 0.323 e. The third kappa shape index (κ3) is 12.5. The summed E-state index contributed by atoms with van der Waals surface area (Å²) in [6.45, 7) is 5.69. The fraction of sp³-hybridized carbons (Fsp3) is 0.677. The van der Waals surface area contributed by atoms with Gasteiger partial charge in [0.1, 0.15) is 18.8 Å². The van der Waals surface area contributed by atoms with Crippen LogP contribution in [0.2, 0.25) is 0 Å². The van der Waals surface area contributed by atoms with Gasteiger partial charge in [0.2, 0.25) is 0 Å². The Morgan fingerprint density at radius 2 is 1.48 bits per heavy atom. The van der Waals surface area contributed by atoms with Gasteiger partial charge >= 0.3 is 23.9 Å². The van der Waals surface area contributed by atoms with Crippen LogP contribution < -0.4 is 15.2 Å². The molecule has 1 aliphatic rings. The molecule has 1 fully saturated rings. The van der Waals surface area contributed by atoms with Crippen molar-refractivity contribution in [1.29, 1.82) is 0 Å². The van der Waals surface area contributed by atoms with Crippen LogP contribution in [0.4, 0.5) is 0 Å². The van der Waals surface area contributed by atoms with Crippen LogP contribution in [0.5, 0.6) is 11.5 Å². The van der Waals surface area contributed by atoms with Crippen molar-refractivity contribution in [3.05, 3.63) is 23.8 Å². The summed E-state index contributed by atoms with van der Waals surface area (Å²) in [5.74, 6) is -1.51. The Balaban J connectivity index is 1.96. The normalized spacial score (nSPS) is 15.1. The molecule has 2 atom stereocenters. The molecule has 0 amide bonds. The minimum Gasteiger partial charge on any atom is -0.461 e. The lowest BCUT2D eigenvalue weighted by Crippen LogP contribution is -2.36. The highest BCUT2D eigenvalue weighted by Gasteiger charge is 2.25. The fourth-order valence-electron chi connectivity index (χ4n) is 4.54. The van der Waals surface area contributed by atoms with Crippen LogP contribution >= 0.6 is 0 Å². The van der Waals surface area contributed by atoms with Gasteiger partial charge in [-0.1, -0.05) is 64.9 Å². The van der Waals surface area contributed by atoms with E-state index in [-0.39, 0.29) is 49.3 Å². The summed E-state index contributed by atoms with van der Waals surface area (Å²) in [5.41, 5.74) is 6.71. The van der Waals surface area contributed by atoms with Crippen molar-refractivity contribution < 1.29 is 38.1 Å². The Bertz CT molecular complexity index is 957. The lowest BCUT2D eigenvalue weighted by atomic mass is 9.89. The molecular weight excluding hydrogens is 514 g/mol. The Hall–Kier alpha value is -2.94. The van der Waals surface area contributed by atoms with Crippen molar-refractivity contribution in [2.75, 3.05) is 6.61 Å². The van der Waals surface area contributed by atoms with Gasteiger partial charge in [0.05, 0.1) is 5.92 Å². The summed E-state index contributed by atoms with van der Waals surface area (Å²) in [6, 6.07) is 3.79. The van der Waals surface area contributed by atoms with Gasteiger partial charge in [-0.3, -0.25) is 19.2 Å². The first-order chi connectivity index (χ1) is 19.2. The van der Waals surface area contributed by atoms with E-state index in [1.807, 2.05) is 13.8 Å². The molecule has 224 valence electrons. The topological polar surface area (TPSA) is 131 Å². The number of carbonyl (C=O) groups is 4. The molecule has 0 bridgehead atoms. The van der Waals surface area contributed by atoms with Gasteiger partial charge in [0, 0.05) is 12.8 Å². The number of nitrogens with two attached hydrogens (primary N) is 1. The molecule has 9 heteroatoms. The second-order valence-electron chi connectivity index (χ2n) is 10.7. The second kappa shape index (κ2) is 18.4. The van der Waals surface area contributed by atoms with Gasteiger partial charge in [-0.05, 0) is 56.7 Å². The highest BCUT2D eigenvalue weighted by Crippen LogP contribution is 2.30. The summed E-state index contributed by atoms with van der Waals surface area (Å²) in [6.07, 6.45) is 10.1. The van der Waals surface area contributed by atoms with E-state index in [2.05, 4.69) is 0 Å². The van der Waals surface area contributed by atoms with Crippen LogP contribution in [0.1, 0.15) is 110 Å². The molecule has 1 saturated carbocycles. The van der Waals surface area contributed by atoms with Crippen LogP contribution in [0, 0.1) is 5.92 Å². The Morgan fingerprint density at radius 1 is 0.875 bits per heavy atom. The van der Waals surface area contributed by atoms with Gasteiger partial charge in [-0.25, -0.2) is 0 Å². The number of rotatable bonds is 17. The van der Waals surface area contributed by atoms with Crippen LogP contribution in [-0.4, -0.2) is 42.6 Å². The van der Waals surface area contributed by atoms with Gasteiger partial charge in [-0.15, -0.1) is 0 Å².